The molecule has 0 N–H and O–H groups in total. The van der Waals surface area contributed by atoms with Gasteiger partial charge in [-0.25, -0.2) is 9.59 Å². The molecule has 0 aromatic carbocycles. The van der Waals surface area contributed by atoms with Crippen molar-refractivity contribution in [2.45, 2.75) is 52.2 Å². The molecule has 0 bridgehead atoms. The van der Waals surface area contributed by atoms with Crippen LogP contribution in [-0.2, 0) is 14.3 Å². The van der Waals surface area contributed by atoms with E-state index in [1.54, 1.807) is 20.8 Å². The lowest BCUT2D eigenvalue weighted by Gasteiger charge is -2.33. The summed E-state index contributed by atoms with van der Waals surface area (Å²) in [6, 6.07) is -0.477. The Labute approximate surface area is 102 Å². The van der Waals surface area contributed by atoms with Gasteiger partial charge >= 0.3 is 12.1 Å². The fourth-order valence-corrected chi connectivity index (χ4v) is 1.90. The van der Waals surface area contributed by atoms with Crippen molar-refractivity contribution in [3.8, 4) is 0 Å². The lowest BCUT2D eigenvalue weighted by Crippen LogP contribution is -2.49. The Bertz CT molecular complexity index is 278. The molecule has 1 rings (SSSR count). The Balaban J connectivity index is 2.65. The third-order valence-corrected chi connectivity index (χ3v) is 2.63. The lowest BCUT2D eigenvalue weighted by molar-refractivity contribution is -0.150. The molecule has 0 aromatic heterocycles. The summed E-state index contributed by atoms with van der Waals surface area (Å²) in [6.07, 6.45) is 1.91. The van der Waals surface area contributed by atoms with E-state index in [1.807, 2.05) is 0 Å². The van der Waals surface area contributed by atoms with Crippen LogP contribution < -0.4 is 0 Å². The molecule has 17 heavy (non-hydrogen) atoms. The van der Waals surface area contributed by atoms with E-state index in [9.17, 15) is 9.59 Å². The molecule has 0 aliphatic carbocycles. The summed E-state index contributed by atoms with van der Waals surface area (Å²) in [7, 11) is 0. The van der Waals surface area contributed by atoms with Gasteiger partial charge in [-0.1, -0.05) is 0 Å². The van der Waals surface area contributed by atoms with E-state index >= 15 is 0 Å². The number of ether oxygens (including phenoxy) is 2. The Morgan fingerprint density at radius 2 is 2.06 bits per heavy atom. The van der Waals surface area contributed by atoms with Gasteiger partial charge in [0.1, 0.15) is 6.04 Å². The second kappa shape index (κ2) is 6.47. The maximum absolute atomic E-state index is 11.8. The minimum absolute atomic E-state index is 0.174. The van der Waals surface area contributed by atoms with Crippen molar-refractivity contribution in [3.05, 3.63) is 0 Å². The van der Waals surface area contributed by atoms with Crippen LogP contribution >= 0.6 is 0 Å². The Hall–Kier alpha value is -1.26. The highest BCUT2D eigenvalue weighted by Crippen LogP contribution is 2.19. The van der Waals surface area contributed by atoms with Gasteiger partial charge in [0, 0.05) is 6.54 Å². The highest BCUT2D eigenvalue weighted by atomic mass is 16.6. The molecule has 1 fully saturated rings. The quantitative estimate of drug-likeness (QED) is 0.711. The van der Waals surface area contributed by atoms with Crippen LogP contribution in [0.15, 0.2) is 0 Å². The van der Waals surface area contributed by atoms with E-state index in [2.05, 4.69) is 0 Å². The molecule has 5 nitrogen and oxygen atoms in total. The molecule has 1 saturated heterocycles. The van der Waals surface area contributed by atoms with E-state index in [0.29, 0.717) is 19.6 Å². The zero-order valence-corrected chi connectivity index (χ0v) is 10.8. The predicted octanol–water partition coefficient (Wildman–Crippen LogP) is 1.95. The number of hydrogen-bond acceptors (Lipinski definition) is 4. The van der Waals surface area contributed by atoms with E-state index < -0.39 is 12.1 Å². The first-order valence-electron chi connectivity index (χ1n) is 6.20. The molecule has 1 aliphatic rings. The molecule has 98 valence electrons. The third kappa shape index (κ3) is 3.91. The second-order valence-electron chi connectivity index (χ2n) is 4.39. The lowest BCUT2D eigenvalue weighted by atomic mass is 10.0. The molecule has 0 aromatic rings. The summed E-state index contributed by atoms with van der Waals surface area (Å²) >= 11 is 0. The molecule has 1 amide bonds. The fourth-order valence-electron chi connectivity index (χ4n) is 1.90. The summed E-state index contributed by atoms with van der Waals surface area (Å²) in [4.78, 5) is 25.0. The molecular formula is C12H21NO4. The van der Waals surface area contributed by atoms with E-state index in [1.165, 1.54) is 4.90 Å². The van der Waals surface area contributed by atoms with E-state index in [0.717, 1.165) is 12.8 Å². The molecule has 0 spiro atoms. The van der Waals surface area contributed by atoms with Crippen LogP contribution in [0.1, 0.15) is 40.0 Å². The SMILES string of the molecule is CCOC(=O)C1CCCCN1C(=O)OC(C)C. The van der Waals surface area contributed by atoms with Crippen molar-refractivity contribution in [2.24, 2.45) is 0 Å². The molecule has 5 heteroatoms. The molecule has 0 saturated carbocycles. The Kier molecular flexibility index (Phi) is 5.25. The minimum atomic E-state index is -0.477. The van der Waals surface area contributed by atoms with Crippen molar-refractivity contribution in [1.29, 1.82) is 0 Å². The Morgan fingerprint density at radius 1 is 1.35 bits per heavy atom. The molecule has 1 atom stereocenters. The number of amides is 1. The van der Waals surface area contributed by atoms with Crippen molar-refractivity contribution >= 4 is 12.1 Å². The molecule has 1 unspecified atom stereocenters. The van der Waals surface area contributed by atoms with Gasteiger partial charge in [-0.3, -0.25) is 4.90 Å². The standard InChI is InChI=1S/C12H21NO4/c1-4-16-11(14)10-7-5-6-8-13(10)12(15)17-9(2)3/h9-10H,4-8H2,1-3H3. The average molecular weight is 243 g/mol. The molecule has 1 heterocycles. The zero-order chi connectivity index (χ0) is 12.8. The normalized spacial score (nSPS) is 20.2. The van der Waals surface area contributed by atoms with Crippen LogP contribution in [0.5, 0.6) is 0 Å². The van der Waals surface area contributed by atoms with Gasteiger partial charge in [0.05, 0.1) is 12.7 Å². The third-order valence-electron chi connectivity index (χ3n) is 2.63. The number of piperidine rings is 1. The molecular weight excluding hydrogens is 222 g/mol. The second-order valence-corrected chi connectivity index (χ2v) is 4.39. The number of hydrogen-bond donors (Lipinski definition) is 0. The van der Waals surface area contributed by atoms with Gasteiger partial charge in [-0.15, -0.1) is 0 Å². The number of nitrogens with zero attached hydrogens (tertiary/aromatic N) is 1. The topological polar surface area (TPSA) is 55.8 Å². The highest BCUT2D eigenvalue weighted by Gasteiger charge is 2.34. The van der Waals surface area contributed by atoms with Gasteiger partial charge in [0.15, 0.2) is 0 Å². The average Bonchev–Trinajstić information content (AvgIpc) is 2.28. The largest absolute Gasteiger partial charge is 0.464 e. The maximum atomic E-state index is 11.8. The van der Waals surface area contributed by atoms with Crippen molar-refractivity contribution in [3.63, 3.8) is 0 Å². The summed E-state index contributed by atoms with van der Waals surface area (Å²) in [5.74, 6) is -0.326. The Morgan fingerprint density at radius 3 is 2.65 bits per heavy atom. The van der Waals surface area contributed by atoms with Gasteiger partial charge in [-0.05, 0) is 40.0 Å². The number of esters is 1. The van der Waals surface area contributed by atoms with Crippen LogP contribution in [-0.4, -0.2) is 42.3 Å². The van der Waals surface area contributed by atoms with Gasteiger partial charge < -0.3 is 9.47 Å². The monoisotopic (exact) mass is 243 g/mol. The van der Waals surface area contributed by atoms with Crippen molar-refractivity contribution in [1.82, 2.24) is 4.90 Å². The zero-order valence-electron chi connectivity index (χ0n) is 10.8. The summed E-state index contributed by atoms with van der Waals surface area (Å²) < 4.78 is 10.1. The van der Waals surface area contributed by atoms with Crippen LogP contribution in [0, 0.1) is 0 Å². The summed E-state index contributed by atoms with van der Waals surface area (Å²) in [5, 5.41) is 0. The van der Waals surface area contributed by atoms with Gasteiger partial charge in [0.25, 0.3) is 0 Å². The number of rotatable bonds is 3. The van der Waals surface area contributed by atoms with Gasteiger partial charge in [-0.2, -0.15) is 0 Å². The maximum Gasteiger partial charge on any atom is 0.410 e. The minimum Gasteiger partial charge on any atom is -0.464 e. The van der Waals surface area contributed by atoms with Crippen LogP contribution in [0.25, 0.3) is 0 Å². The number of likely N-dealkylation sites (tertiary alicyclic amines) is 1. The first kappa shape index (κ1) is 13.8. The highest BCUT2D eigenvalue weighted by molar-refractivity contribution is 5.81. The smallest absolute Gasteiger partial charge is 0.410 e. The van der Waals surface area contributed by atoms with Crippen molar-refractivity contribution < 1.29 is 19.1 Å². The van der Waals surface area contributed by atoms with Crippen molar-refractivity contribution in [2.75, 3.05) is 13.2 Å². The molecule has 1 aliphatic heterocycles. The van der Waals surface area contributed by atoms with Crippen LogP contribution in [0.2, 0.25) is 0 Å². The van der Waals surface area contributed by atoms with Crippen LogP contribution in [0.3, 0.4) is 0 Å². The molecule has 0 radical (unpaired) electrons. The van der Waals surface area contributed by atoms with Crippen LogP contribution in [0.4, 0.5) is 4.79 Å². The summed E-state index contributed by atoms with van der Waals surface area (Å²) in [6.45, 7) is 6.25. The first-order valence-corrected chi connectivity index (χ1v) is 6.20. The first-order chi connectivity index (χ1) is 8.06. The van der Waals surface area contributed by atoms with E-state index in [-0.39, 0.29) is 12.1 Å². The number of carbonyl (C=O) groups is 2. The fraction of sp³-hybridized carbons (Fsp3) is 0.833. The van der Waals surface area contributed by atoms with E-state index in [4.69, 9.17) is 9.47 Å². The summed E-state index contributed by atoms with van der Waals surface area (Å²) in [5.41, 5.74) is 0. The predicted molar refractivity (Wildman–Crippen MR) is 62.6 cm³/mol. The van der Waals surface area contributed by atoms with Gasteiger partial charge in [0.2, 0.25) is 0 Å². The number of carbonyl (C=O) groups excluding carboxylic acids is 2.